The lowest BCUT2D eigenvalue weighted by Crippen LogP contribution is -2.47. The molecule has 0 spiro atoms. The number of hydrogen-bond acceptors (Lipinski definition) is 5. The van der Waals surface area contributed by atoms with Crippen LogP contribution in [0.25, 0.3) is 0 Å². The molecule has 0 bridgehead atoms. The number of aromatic nitrogens is 2. The summed E-state index contributed by atoms with van der Waals surface area (Å²) in [7, 11) is 0. The van der Waals surface area contributed by atoms with Crippen molar-refractivity contribution >= 4 is 23.5 Å². The monoisotopic (exact) mass is 352 g/mol. The van der Waals surface area contributed by atoms with Gasteiger partial charge in [0.15, 0.2) is 5.15 Å². The largest absolute Gasteiger partial charge is 0.444 e. The van der Waals surface area contributed by atoms with E-state index in [2.05, 4.69) is 15.5 Å². The third-order valence-electron chi connectivity index (χ3n) is 4.22. The zero-order chi connectivity index (χ0) is 17.3. The number of carbonyl (C=O) groups is 1. The van der Waals surface area contributed by atoms with Crippen LogP contribution >= 0.6 is 11.6 Å². The second-order valence-electron chi connectivity index (χ2n) is 7.66. The third kappa shape index (κ3) is 4.50. The minimum Gasteiger partial charge on any atom is -0.444 e. The molecule has 1 aromatic heterocycles. The van der Waals surface area contributed by atoms with Crippen LogP contribution < -0.4 is 5.32 Å². The summed E-state index contributed by atoms with van der Waals surface area (Å²) in [5, 5.41) is 12.1. The molecule has 132 valence electrons. The summed E-state index contributed by atoms with van der Waals surface area (Å²) in [6, 6.07) is 2.15. The lowest BCUT2D eigenvalue weighted by atomic mass is 10.1. The summed E-state index contributed by atoms with van der Waals surface area (Å²) >= 11 is 6.13. The first-order chi connectivity index (χ1) is 11.3. The Hall–Kier alpha value is -1.56. The molecule has 3 rings (SSSR count). The Morgan fingerprint density at radius 3 is 2.75 bits per heavy atom. The van der Waals surface area contributed by atoms with Gasteiger partial charge in [0.2, 0.25) is 0 Å². The van der Waals surface area contributed by atoms with E-state index in [1.54, 1.807) is 4.90 Å². The van der Waals surface area contributed by atoms with E-state index in [0.717, 1.165) is 30.8 Å². The van der Waals surface area contributed by atoms with Gasteiger partial charge in [0, 0.05) is 19.1 Å². The first-order valence-electron chi connectivity index (χ1n) is 8.59. The molecule has 1 aromatic rings. The van der Waals surface area contributed by atoms with Gasteiger partial charge in [0.05, 0.1) is 0 Å². The van der Waals surface area contributed by atoms with E-state index in [9.17, 15) is 4.79 Å². The maximum Gasteiger partial charge on any atom is 0.410 e. The highest BCUT2D eigenvalue weighted by Gasteiger charge is 2.29. The minimum atomic E-state index is -0.474. The maximum atomic E-state index is 12.2. The summed E-state index contributed by atoms with van der Waals surface area (Å²) in [6.45, 7) is 6.98. The number of rotatable bonds is 3. The SMILES string of the molecule is CC(C)(C)OC(=O)N1CCC[C@@H](Nc2cc(C3CC3)c(Cl)nn2)C1. The molecule has 1 aliphatic carbocycles. The fraction of sp³-hybridized carbons (Fsp3) is 0.706. The molecule has 1 aliphatic heterocycles. The Bertz CT molecular complexity index is 613. The Morgan fingerprint density at radius 2 is 2.08 bits per heavy atom. The van der Waals surface area contributed by atoms with Gasteiger partial charge in [-0.1, -0.05) is 11.6 Å². The topological polar surface area (TPSA) is 67.3 Å². The number of halogens is 1. The third-order valence-corrected chi connectivity index (χ3v) is 4.51. The number of likely N-dealkylation sites (tertiary alicyclic amines) is 1. The first kappa shape index (κ1) is 17.3. The van der Waals surface area contributed by atoms with Crippen molar-refractivity contribution in [2.45, 2.75) is 64.0 Å². The summed E-state index contributed by atoms with van der Waals surface area (Å²) in [5.41, 5.74) is 0.604. The second-order valence-corrected chi connectivity index (χ2v) is 8.02. The van der Waals surface area contributed by atoms with Crippen molar-refractivity contribution in [3.05, 3.63) is 16.8 Å². The molecule has 2 aliphatic rings. The molecule has 1 amide bonds. The smallest absolute Gasteiger partial charge is 0.410 e. The average molecular weight is 353 g/mol. The van der Waals surface area contributed by atoms with Crippen LogP contribution in [-0.2, 0) is 4.74 Å². The van der Waals surface area contributed by atoms with Gasteiger partial charge in [-0.05, 0) is 64.0 Å². The van der Waals surface area contributed by atoms with Crippen LogP contribution in [-0.4, -0.2) is 45.9 Å². The van der Waals surface area contributed by atoms with Crippen molar-refractivity contribution in [1.29, 1.82) is 0 Å². The van der Waals surface area contributed by atoms with Crippen molar-refractivity contribution < 1.29 is 9.53 Å². The van der Waals surface area contributed by atoms with Gasteiger partial charge in [-0.3, -0.25) is 0 Å². The van der Waals surface area contributed by atoms with E-state index in [-0.39, 0.29) is 12.1 Å². The van der Waals surface area contributed by atoms with E-state index in [0.29, 0.717) is 17.6 Å². The van der Waals surface area contributed by atoms with Gasteiger partial charge in [-0.25, -0.2) is 4.79 Å². The number of nitrogens with zero attached hydrogens (tertiary/aromatic N) is 3. The number of ether oxygens (including phenoxy) is 1. The van der Waals surface area contributed by atoms with Gasteiger partial charge >= 0.3 is 6.09 Å². The fourth-order valence-electron chi connectivity index (χ4n) is 2.94. The Labute approximate surface area is 147 Å². The van der Waals surface area contributed by atoms with Gasteiger partial charge in [0.1, 0.15) is 11.4 Å². The van der Waals surface area contributed by atoms with Crippen LogP contribution in [0.2, 0.25) is 5.15 Å². The van der Waals surface area contributed by atoms with Crippen LogP contribution in [0.3, 0.4) is 0 Å². The predicted molar refractivity (Wildman–Crippen MR) is 93.5 cm³/mol. The Morgan fingerprint density at radius 1 is 1.33 bits per heavy atom. The number of nitrogens with one attached hydrogen (secondary N) is 1. The molecule has 1 N–H and O–H groups in total. The van der Waals surface area contributed by atoms with Crippen LogP contribution in [0.1, 0.15) is 57.9 Å². The highest BCUT2D eigenvalue weighted by atomic mass is 35.5. The normalized spacial score (nSPS) is 21.5. The van der Waals surface area contributed by atoms with E-state index >= 15 is 0 Å². The number of piperidine rings is 1. The summed E-state index contributed by atoms with van der Waals surface area (Å²) < 4.78 is 5.46. The molecular weight excluding hydrogens is 328 g/mol. The van der Waals surface area contributed by atoms with Crippen LogP contribution in [0.15, 0.2) is 6.07 Å². The van der Waals surface area contributed by atoms with E-state index in [1.807, 2.05) is 26.8 Å². The molecule has 0 radical (unpaired) electrons. The maximum absolute atomic E-state index is 12.2. The predicted octanol–water partition coefficient (Wildman–Crippen LogP) is 3.82. The average Bonchev–Trinajstić information content (AvgIpc) is 3.32. The van der Waals surface area contributed by atoms with Crippen molar-refractivity contribution in [1.82, 2.24) is 15.1 Å². The standard InChI is InChI=1S/C17H25ClN4O2/c1-17(2,3)24-16(23)22-8-4-5-12(10-22)19-14-9-13(11-6-7-11)15(18)21-20-14/h9,11-12H,4-8,10H2,1-3H3,(H,19,20)/t12-/m1/s1. The van der Waals surface area contributed by atoms with E-state index in [1.165, 1.54) is 12.8 Å². The quantitative estimate of drug-likeness (QED) is 0.895. The number of hydrogen-bond donors (Lipinski definition) is 1. The molecule has 7 heteroatoms. The minimum absolute atomic E-state index is 0.147. The van der Waals surface area contributed by atoms with Crippen molar-refractivity contribution in [2.75, 3.05) is 18.4 Å². The highest BCUT2D eigenvalue weighted by Crippen LogP contribution is 2.43. The lowest BCUT2D eigenvalue weighted by Gasteiger charge is -2.34. The van der Waals surface area contributed by atoms with Crippen molar-refractivity contribution in [3.8, 4) is 0 Å². The molecule has 0 unspecified atom stereocenters. The van der Waals surface area contributed by atoms with Gasteiger partial charge in [-0.15, -0.1) is 10.2 Å². The molecular formula is C17H25ClN4O2. The van der Waals surface area contributed by atoms with Crippen molar-refractivity contribution in [2.24, 2.45) is 0 Å². The van der Waals surface area contributed by atoms with Crippen LogP contribution in [0, 0.1) is 0 Å². The molecule has 2 fully saturated rings. The summed E-state index contributed by atoms with van der Waals surface area (Å²) in [4.78, 5) is 14.0. The van der Waals surface area contributed by atoms with Crippen LogP contribution in [0.4, 0.5) is 10.6 Å². The molecule has 2 heterocycles. The molecule has 1 saturated heterocycles. The van der Waals surface area contributed by atoms with Gasteiger partial charge in [0.25, 0.3) is 0 Å². The molecule has 1 atom stereocenters. The zero-order valence-corrected chi connectivity index (χ0v) is 15.3. The molecule has 6 nitrogen and oxygen atoms in total. The number of anilines is 1. The molecule has 24 heavy (non-hydrogen) atoms. The second kappa shape index (κ2) is 6.75. The van der Waals surface area contributed by atoms with E-state index in [4.69, 9.17) is 16.3 Å². The Kier molecular flexibility index (Phi) is 4.85. The van der Waals surface area contributed by atoms with Crippen LogP contribution in [0.5, 0.6) is 0 Å². The van der Waals surface area contributed by atoms with Crippen molar-refractivity contribution in [3.63, 3.8) is 0 Å². The fourth-order valence-corrected chi connectivity index (χ4v) is 3.19. The number of carbonyl (C=O) groups excluding carboxylic acids is 1. The van der Waals surface area contributed by atoms with E-state index < -0.39 is 5.60 Å². The zero-order valence-electron chi connectivity index (χ0n) is 14.5. The summed E-state index contributed by atoms with van der Waals surface area (Å²) in [5.74, 6) is 1.26. The highest BCUT2D eigenvalue weighted by molar-refractivity contribution is 6.30. The first-order valence-corrected chi connectivity index (χ1v) is 8.97. The molecule has 1 saturated carbocycles. The lowest BCUT2D eigenvalue weighted by molar-refractivity contribution is 0.0206. The van der Waals surface area contributed by atoms with Gasteiger partial charge in [-0.2, -0.15) is 0 Å². The Balaban J connectivity index is 1.61. The summed E-state index contributed by atoms with van der Waals surface area (Å²) in [6.07, 6.45) is 4.01. The number of amides is 1. The van der Waals surface area contributed by atoms with Gasteiger partial charge < -0.3 is 15.0 Å². The molecule has 0 aromatic carbocycles.